The van der Waals surface area contributed by atoms with Gasteiger partial charge in [0.25, 0.3) is 0 Å². The van der Waals surface area contributed by atoms with Crippen molar-refractivity contribution >= 4 is 11.6 Å². The van der Waals surface area contributed by atoms with E-state index in [0.29, 0.717) is 43.6 Å². The Morgan fingerprint density at radius 1 is 1.35 bits per heavy atom. The van der Waals surface area contributed by atoms with Crippen molar-refractivity contribution in [2.45, 2.75) is 13.0 Å². The van der Waals surface area contributed by atoms with E-state index in [1.54, 1.807) is 18.2 Å². The van der Waals surface area contributed by atoms with E-state index in [1.165, 1.54) is 0 Å². The number of rotatable bonds is 2. The highest BCUT2D eigenvalue weighted by Crippen LogP contribution is 2.34. The van der Waals surface area contributed by atoms with Gasteiger partial charge in [0.1, 0.15) is 13.2 Å². The molecule has 20 heavy (non-hydrogen) atoms. The molecule has 0 spiro atoms. The van der Waals surface area contributed by atoms with Crippen LogP contribution in [-0.2, 0) is 9.53 Å². The Balaban J connectivity index is 1.76. The number of nitrogens with one attached hydrogen (secondary N) is 1. The van der Waals surface area contributed by atoms with Crippen molar-refractivity contribution < 1.29 is 19.0 Å². The van der Waals surface area contributed by atoms with Gasteiger partial charge in [-0.15, -0.1) is 0 Å². The van der Waals surface area contributed by atoms with Crippen molar-refractivity contribution in [3.05, 3.63) is 18.2 Å². The van der Waals surface area contributed by atoms with Gasteiger partial charge in [0.2, 0.25) is 5.91 Å². The Bertz CT molecular complexity index is 534. The number of anilines is 1. The fourth-order valence-corrected chi connectivity index (χ4v) is 2.32. The minimum Gasteiger partial charge on any atom is -0.486 e. The van der Waals surface area contributed by atoms with Crippen LogP contribution in [0, 0.1) is 5.41 Å². The molecule has 2 aliphatic rings. The Morgan fingerprint density at radius 3 is 2.80 bits per heavy atom. The Hall–Kier alpha value is -1.79. The minimum absolute atomic E-state index is 0.140. The highest BCUT2D eigenvalue weighted by molar-refractivity contribution is 5.96. The number of ether oxygens (including phenoxy) is 3. The summed E-state index contributed by atoms with van der Waals surface area (Å²) < 4.78 is 16.2. The lowest BCUT2D eigenvalue weighted by Crippen LogP contribution is -2.47. The fourth-order valence-electron chi connectivity index (χ4n) is 2.32. The molecule has 1 aromatic rings. The van der Waals surface area contributed by atoms with E-state index >= 15 is 0 Å². The number of nitrogens with two attached hydrogens (primary N) is 1. The summed E-state index contributed by atoms with van der Waals surface area (Å²) in [6.45, 7) is 3.62. The summed E-state index contributed by atoms with van der Waals surface area (Å²) in [5, 5.41) is 2.87. The summed E-state index contributed by atoms with van der Waals surface area (Å²) in [5.74, 6) is 1.20. The first kappa shape index (κ1) is 13.2. The van der Waals surface area contributed by atoms with Crippen molar-refractivity contribution in [1.29, 1.82) is 0 Å². The number of benzene rings is 1. The van der Waals surface area contributed by atoms with Crippen LogP contribution in [0.4, 0.5) is 5.69 Å². The van der Waals surface area contributed by atoms with Gasteiger partial charge in [0.15, 0.2) is 11.5 Å². The molecule has 2 unspecified atom stereocenters. The van der Waals surface area contributed by atoms with Gasteiger partial charge in [0.05, 0.1) is 18.6 Å². The molecule has 0 saturated carbocycles. The lowest BCUT2D eigenvalue weighted by Gasteiger charge is -2.26. The molecule has 1 fully saturated rings. The lowest BCUT2D eigenvalue weighted by molar-refractivity contribution is -0.125. The fraction of sp³-hybridized carbons (Fsp3) is 0.500. The maximum Gasteiger partial charge on any atom is 0.234 e. The zero-order valence-electron chi connectivity index (χ0n) is 11.3. The smallest absolute Gasteiger partial charge is 0.234 e. The summed E-state index contributed by atoms with van der Waals surface area (Å²) >= 11 is 0. The van der Waals surface area contributed by atoms with Crippen LogP contribution in [0.2, 0.25) is 0 Å². The molecule has 3 rings (SSSR count). The van der Waals surface area contributed by atoms with E-state index in [2.05, 4.69) is 5.32 Å². The van der Waals surface area contributed by atoms with Gasteiger partial charge in [-0.1, -0.05) is 0 Å². The van der Waals surface area contributed by atoms with Gasteiger partial charge in [-0.3, -0.25) is 4.79 Å². The molecular formula is C14H18N2O4. The molecule has 2 aliphatic heterocycles. The van der Waals surface area contributed by atoms with Gasteiger partial charge < -0.3 is 25.3 Å². The molecule has 2 heterocycles. The normalized spacial score (nSPS) is 28.2. The summed E-state index contributed by atoms with van der Waals surface area (Å²) in [5.41, 5.74) is 5.91. The zero-order chi connectivity index (χ0) is 14.2. The number of hydrogen-bond acceptors (Lipinski definition) is 5. The van der Waals surface area contributed by atoms with Crippen LogP contribution in [0.3, 0.4) is 0 Å². The van der Waals surface area contributed by atoms with Crippen LogP contribution in [0.25, 0.3) is 0 Å². The zero-order valence-corrected chi connectivity index (χ0v) is 11.3. The average Bonchev–Trinajstić information content (AvgIpc) is 2.80. The summed E-state index contributed by atoms with van der Waals surface area (Å²) in [7, 11) is 0. The van der Waals surface area contributed by atoms with E-state index in [0.717, 1.165) is 0 Å². The average molecular weight is 278 g/mol. The first-order valence-corrected chi connectivity index (χ1v) is 6.64. The van der Waals surface area contributed by atoms with Gasteiger partial charge in [0, 0.05) is 17.8 Å². The SMILES string of the molecule is CC1(C(=O)Nc2ccc3c(c2)OCCO3)COCC1N. The van der Waals surface area contributed by atoms with Crippen LogP contribution < -0.4 is 20.5 Å². The largest absolute Gasteiger partial charge is 0.486 e. The van der Waals surface area contributed by atoms with Gasteiger partial charge in [-0.05, 0) is 19.1 Å². The highest BCUT2D eigenvalue weighted by atomic mass is 16.6. The summed E-state index contributed by atoms with van der Waals surface area (Å²) in [6, 6.07) is 5.05. The lowest BCUT2D eigenvalue weighted by atomic mass is 9.85. The van der Waals surface area contributed by atoms with E-state index in [-0.39, 0.29) is 11.9 Å². The minimum atomic E-state index is -0.701. The molecule has 0 aliphatic carbocycles. The second-order valence-electron chi connectivity index (χ2n) is 5.35. The first-order valence-electron chi connectivity index (χ1n) is 6.64. The Kier molecular flexibility index (Phi) is 3.27. The van der Waals surface area contributed by atoms with Gasteiger partial charge in [-0.2, -0.15) is 0 Å². The maximum atomic E-state index is 12.4. The predicted molar refractivity (Wildman–Crippen MR) is 73.0 cm³/mol. The van der Waals surface area contributed by atoms with Gasteiger partial charge in [-0.25, -0.2) is 0 Å². The highest BCUT2D eigenvalue weighted by Gasteiger charge is 2.44. The molecule has 108 valence electrons. The Morgan fingerprint density at radius 2 is 2.10 bits per heavy atom. The van der Waals surface area contributed by atoms with Gasteiger partial charge >= 0.3 is 0 Å². The predicted octanol–water partition coefficient (Wildman–Crippen LogP) is 0.760. The summed E-state index contributed by atoms with van der Waals surface area (Å²) in [4.78, 5) is 12.4. The molecule has 0 radical (unpaired) electrons. The second-order valence-corrected chi connectivity index (χ2v) is 5.35. The van der Waals surface area contributed by atoms with Crippen molar-refractivity contribution in [2.24, 2.45) is 11.1 Å². The molecule has 6 heteroatoms. The van der Waals surface area contributed by atoms with Crippen LogP contribution in [0.15, 0.2) is 18.2 Å². The second kappa shape index (κ2) is 4.96. The molecule has 1 aromatic carbocycles. The number of fused-ring (bicyclic) bond motifs is 1. The molecule has 2 atom stereocenters. The van der Waals surface area contributed by atoms with Crippen molar-refractivity contribution in [1.82, 2.24) is 0 Å². The topological polar surface area (TPSA) is 82.8 Å². The van der Waals surface area contributed by atoms with Crippen molar-refractivity contribution in [3.63, 3.8) is 0 Å². The third kappa shape index (κ3) is 2.21. The number of carbonyl (C=O) groups excluding carboxylic acids is 1. The maximum absolute atomic E-state index is 12.4. The van der Waals surface area contributed by atoms with E-state index in [4.69, 9.17) is 19.9 Å². The van der Waals surface area contributed by atoms with Crippen molar-refractivity contribution in [2.75, 3.05) is 31.7 Å². The van der Waals surface area contributed by atoms with E-state index < -0.39 is 5.41 Å². The molecule has 0 bridgehead atoms. The summed E-state index contributed by atoms with van der Waals surface area (Å²) in [6.07, 6.45) is 0. The quantitative estimate of drug-likeness (QED) is 0.834. The number of amides is 1. The molecule has 0 aromatic heterocycles. The van der Waals surface area contributed by atoms with Crippen LogP contribution in [0.1, 0.15) is 6.92 Å². The Labute approximate surface area is 117 Å². The molecular weight excluding hydrogens is 260 g/mol. The third-order valence-corrected chi connectivity index (χ3v) is 3.84. The van der Waals surface area contributed by atoms with E-state index in [9.17, 15) is 4.79 Å². The third-order valence-electron chi connectivity index (χ3n) is 3.84. The van der Waals surface area contributed by atoms with Crippen molar-refractivity contribution in [3.8, 4) is 11.5 Å². The van der Waals surface area contributed by atoms with E-state index in [1.807, 2.05) is 6.92 Å². The molecule has 1 amide bonds. The van der Waals surface area contributed by atoms with Crippen LogP contribution >= 0.6 is 0 Å². The standard InChI is InChI=1S/C14H18N2O4/c1-14(8-18-7-12(14)15)13(17)16-9-2-3-10-11(6-9)20-5-4-19-10/h2-3,6,12H,4-5,7-8,15H2,1H3,(H,16,17). The first-order chi connectivity index (χ1) is 9.59. The van der Waals surface area contributed by atoms with Crippen LogP contribution in [0.5, 0.6) is 11.5 Å². The van der Waals surface area contributed by atoms with Crippen LogP contribution in [-0.4, -0.2) is 38.4 Å². The molecule has 3 N–H and O–H groups in total. The number of hydrogen-bond donors (Lipinski definition) is 2. The molecule has 1 saturated heterocycles. The monoisotopic (exact) mass is 278 g/mol. The molecule has 6 nitrogen and oxygen atoms in total. The number of carbonyl (C=O) groups is 1.